The SMILES string of the molecule is NC1CCCCCC1C(=O)N(CCC(=O)O)C1CC1. The van der Waals surface area contributed by atoms with Crippen molar-refractivity contribution in [2.45, 2.75) is 63.5 Å². The van der Waals surface area contributed by atoms with Crippen LogP contribution in [0.5, 0.6) is 0 Å². The number of carboxylic acids is 1. The highest BCUT2D eigenvalue weighted by molar-refractivity contribution is 5.81. The minimum atomic E-state index is -0.844. The van der Waals surface area contributed by atoms with E-state index in [2.05, 4.69) is 0 Å². The Morgan fingerprint density at radius 3 is 2.42 bits per heavy atom. The van der Waals surface area contributed by atoms with E-state index in [1.807, 2.05) is 0 Å². The van der Waals surface area contributed by atoms with E-state index in [9.17, 15) is 9.59 Å². The first-order valence-electron chi connectivity index (χ1n) is 7.37. The lowest BCUT2D eigenvalue weighted by Crippen LogP contribution is -2.45. The Morgan fingerprint density at radius 2 is 1.79 bits per heavy atom. The van der Waals surface area contributed by atoms with Crippen LogP contribution in [0.2, 0.25) is 0 Å². The van der Waals surface area contributed by atoms with E-state index in [0.29, 0.717) is 6.54 Å². The van der Waals surface area contributed by atoms with E-state index in [1.54, 1.807) is 4.90 Å². The summed E-state index contributed by atoms with van der Waals surface area (Å²) >= 11 is 0. The minimum Gasteiger partial charge on any atom is -0.481 e. The number of amides is 1. The average molecular weight is 268 g/mol. The van der Waals surface area contributed by atoms with Crippen molar-refractivity contribution in [3.05, 3.63) is 0 Å². The van der Waals surface area contributed by atoms with Crippen LogP contribution in [0.1, 0.15) is 51.4 Å². The molecule has 2 atom stereocenters. The molecule has 2 saturated carbocycles. The van der Waals surface area contributed by atoms with Gasteiger partial charge >= 0.3 is 5.97 Å². The van der Waals surface area contributed by atoms with Crippen LogP contribution in [0.4, 0.5) is 0 Å². The van der Waals surface area contributed by atoms with Crippen LogP contribution in [0, 0.1) is 5.92 Å². The summed E-state index contributed by atoms with van der Waals surface area (Å²) in [6.45, 7) is 0.335. The van der Waals surface area contributed by atoms with Gasteiger partial charge < -0.3 is 15.7 Å². The molecule has 0 radical (unpaired) electrons. The predicted octanol–water partition coefficient (Wildman–Crippen LogP) is 1.36. The fourth-order valence-electron chi connectivity index (χ4n) is 2.93. The molecule has 5 nitrogen and oxygen atoms in total. The van der Waals surface area contributed by atoms with Gasteiger partial charge in [-0.05, 0) is 25.7 Å². The molecule has 0 aliphatic heterocycles. The molecule has 5 heteroatoms. The van der Waals surface area contributed by atoms with Gasteiger partial charge in [0.15, 0.2) is 0 Å². The quantitative estimate of drug-likeness (QED) is 0.737. The summed E-state index contributed by atoms with van der Waals surface area (Å²) in [6.07, 6.45) is 7.12. The van der Waals surface area contributed by atoms with Gasteiger partial charge in [0.25, 0.3) is 0 Å². The highest BCUT2D eigenvalue weighted by Gasteiger charge is 2.37. The predicted molar refractivity (Wildman–Crippen MR) is 71.5 cm³/mol. The molecule has 1 amide bonds. The van der Waals surface area contributed by atoms with Gasteiger partial charge in [-0.1, -0.05) is 19.3 Å². The zero-order valence-corrected chi connectivity index (χ0v) is 11.4. The van der Waals surface area contributed by atoms with E-state index in [4.69, 9.17) is 10.8 Å². The van der Waals surface area contributed by atoms with E-state index in [1.165, 1.54) is 0 Å². The Labute approximate surface area is 114 Å². The largest absolute Gasteiger partial charge is 0.481 e. The number of nitrogens with two attached hydrogens (primary N) is 1. The Bertz CT molecular complexity index is 342. The van der Waals surface area contributed by atoms with E-state index < -0.39 is 5.97 Å². The molecule has 2 rings (SSSR count). The summed E-state index contributed by atoms with van der Waals surface area (Å²) in [5.74, 6) is -0.848. The first-order chi connectivity index (χ1) is 9.09. The molecule has 108 valence electrons. The molecule has 2 aliphatic carbocycles. The Morgan fingerprint density at radius 1 is 1.11 bits per heavy atom. The third-order valence-electron chi connectivity index (χ3n) is 4.22. The fourth-order valence-corrected chi connectivity index (χ4v) is 2.93. The van der Waals surface area contributed by atoms with Gasteiger partial charge in [0.2, 0.25) is 5.91 Å². The standard InChI is InChI=1S/C14H24N2O3/c15-12-5-3-1-2-4-11(12)14(19)16(10-6-7-10)9-8-13(17)18/h10-12H,1-9,15H2,(H,17,18). The maximum absolute atomic E-state index is 12.6. The summed E-state index contributed by atoms with van der Waals surface area (Å²) in [5, 5.41) is 8.79. The molecule has 0 bridgehead atoms. The van der Waals surface area contributed by atoms with Crippen molar-refractivity contribution in [3.8, 4) is 0 Å². The minimum absolute atomic E-state index is 0.0319. The molecule has 3 N–H and O–H groups in total. The first kappa shape index (κ1) is 14.3. The summed E-state index contributed by atoms with van der Waals surface area (Å²) < 4.78 is 0. The molecule has 0 heterocycles. The monoisotopic (exact) mass is 268 g/mol. The number of hydrogen-bond acceptors (Lipinski definition) is 3. The fraction of sp³-hybridized carbons (Fsp3) is 0.857. The number of carbonyl (C=O) groups excluding carboxylic acids is 1. The van der Waals surface area contributed by atoms with Crippen molar-refractivity contribution in [1.29, 1.82) is 0 Å². The van der Waals surface area contributed by atoms with Crippen molar-refractivity contribution in [2.75, 3.05) is 6.54 Å². The van der Waals surface area contributed by atoms with Crippen molar-refractivity contribution in [3.63, 3.8) is 0 Å². The Hall–Kier alpha value is -1.10. The summed E-state index contributed by atoms with van der Waals surface area (Å²) in [7, 11) is 0. The van der Waals surface area contributed by atoms with Crippen molar-refractivity contribution in [1.82, 2.24) is 4.90 Å². The third-order valence-corrected chi connectivity index (χ3v) is 4.22. The number of hydrogen-bond donors (Lipinski definition) is 2. The lowest BCUT2D eigenvalue weighted by molar-refractivity contribution is -0.140. The molecule has 2 unspecified atom stereocenters. The van der Waals surface area contributed by atoms with Gasteiger partial charge in [-0.15, -0.1) is 0 Å². The van der Waals surface area contributed by atoms with E-state index in [0.717, 1.165) is 44.9 Å². The second-order valence-electron chi connectivity index (χ2n) is 5.81. The molecular formula is C14H24N2O3. The van der Waals surface area contributed by atoms with Gasteiger partial charge in [0, 0.05) is 18.6 Å². The Kier molecular flexibility index (Phi) is 4.80. The second-order valence-corrected chi connectivity index (χ2v) is 5.81. The van der Waals surface area contributed by atoms with Gasteiger partial charge in [-0.2, -0.15) is 0 Å². The number of nitrogens with zero attached hydrogens (tertiary/aromatic N) is 1. The smallest absolute Gasteiger partial charge is 0.305 e. The maximum atomic E-state index is 12.6. The molecule has 0 spiro atoms. The summed E-state index contributed by atoms with van der Waals surface area (Å²) in [5.41, 5.74) is 6.13. The van der Waals surface area contributed by atoms with Crippen LogP contribution in [0.3, 0.4) is 0 Å². The first-order valence-corrected chi connectivity index (χ1v) is 7.37. The van der Waals surface area contributed by atoms with Gasteiger partial charge in [-0.3, -0.25) is 9.59 Å². The normalized spacial score (nSPS) is 27.6. The van der Waals surface area contributed by atoms with Crippen LogP contribution < -0.4 is 5.73 Å². The molecular weight excluding hydrogens is 244 g/mol. The lowest BCUT2D eigenvalue weighted by atomic mass is 9.93. The molecule has 0 saturated heterocycles. The number of carboxylic acid groups (broad SMARTS) is 1. The zero-order chi connectivity index (χ0) is 13.8. The van der Waals surface area contributed by atoms with Crippen molar-refractivity contribution in [2.24, 2.45) is 11.7 Å². The van der Waals surface area contributed by atoms with E-state index in [-0.39, 0.29) is 30.3 Å². The highest BCUT2D eigenvalue weighted by Crippen LogP contribution is 2.31. The van der Waals surface area contributed by atoms with Crippen LogP contribution in [-0.4, -0.2) is 40.5 Å². The van der Waals surface area contributed by atoms with Gasteiger partial charge in [0.1, 0.15) is 0 Å². The number of aliphatic carboxylic acids is 1. The maximum Gasteiger partial charge on any atom is 0.305 e. The van der Waals surface area contributed by atoms with Crippen molar-refractivity contribution >= 4 is 11.9 Å². The lowest BCUT2D eigenvalue weighted by Gasteiger charge is -2.29. The van der Waals surface area contributed by atoms with Crippen LogP contribution in [-0.2, 0) is 9.59 Å². The topological polar surface area (TPSA) is 83.6 Å². The third kappa shape index (κ3) is 3.93. The second kappa shape index (κ2) is 6.37. The summed E-state index contributed by atoms with van der Waals surface area (Å²) in [6, 6.07) is 0.211. The number of carbonyl (C=O) groups is 2. The van der Waals surface area contributed by atoms with E-state index >= 15 is 0 Å². The average Bonchev–Trinajstić information content (AvgIpc) is 3.17. The van der Waals surface area contributed by atoms with Gasteiger partial charge in [-0.25, -0.2) is 0 Å². The molecule has 0 aromatic heterocycles. The van der Waals surface area contributed by atoms with Gasteiger partial charge in [0.05, 0.1) is 12.3 Å². The number of rotatable bonds is 5. The van der Waals surface area contributed by atoms with Crippen LogP contribution >= 0.6 is 0 Å². The van der Waals surface area contributed by atoms with Crippen LogP contribution in [0.15, 0.2) is 0 Å². The molecule has 2 aliphatic rings. The van der Waals surface area contributed by atoms with Crippen molar-refractivity contribution < 1.29 is 14.7 Å². The molecule has 0 aromatic carbocycles. The molecule has 19 heavy (non-hydrogen) atoms. The Balaban J connectivity index is 1.98. The zero-order valence-electron chi connectivity index (χ0n) is 11.4. The molecule has 2 fully saturated rings. The highest BCUT2D eigenvalue weighted by atomic mass is 16.4. The van der Waals surface area contributed by atoms with Crippen LogP contribution in [0.25, 0.3) is 0 Å². The summed E-state index contributed by atoms with van der Waals surface area (Å²) in [4.78, 5) is 25.1. The molecule has 0 aromatic rings.